The maximum absolute atomic E-state index is 13.3. The zero-order valence-corrected chi connectivity index (χ0v) is 14.9. The molecule has 8 heteroatoms. The second kappa shape index (κ2) is 7.65. The number of carbonyl (C=O) groups excluding carboxylic acids is 1. The van der Waals surface area contributed by atoms with Crippen LogP contribution in [0.4, 0.5) is 14.5 Å². The molecule has 0 aliphatic carbocycles. The van der Waals surface area contributed by atoms with Gasteiger partial charge >= 0.3 is 0 Å². The van der Waals surface area contributed by atoms with Crippen LogP contribution in [0.2, 0.25) is 0 Å². The van der Waals surface area contributed by atoms with Crippen LogP contribution in [0.1, 0.15) is 12.5 Å². The number of anilines is 1. The molecule has 5 nitrogen and oxygen atoms in total. The smallest absolute Gasteiger partial charge is 0.237 e. The molecule has 0 saturated carbocycles. The van der Waals surface area contributed by atoms with Crippen molar-refractivity contribution in [2.24, 2.45) is 0 Å². The Hall–Kier alpha value is -2.74. The van der Waals surface area contributed by atoms with Crippen LogP contribution >= 0.6 is 11.8 Å². The van der Waals surface area contributed by atoms with Gasteiger partial charge in [-0.05, 0) is 37.6 Å². The van der Waals surface area contributed by atoms with Crippen molar-refractivity contribution in [3.8, 4) is 5.69 Å². The summed E-state index contributed by atoms with van der Waals surface area (Å²) in [5.74, 6) is -2.32. The highest BCUT2D eigenvalue weighted by molar-refractivity contribution is 8.00. The first-order valence-electron chi connectivity index (χ1n) is 7.84. The number of nitrogens with zero attached hydrogens (tertiary/aromatic N) is 3. The summed E-state index contributed by atoms with van der Waals surface area (Å²) in [6, 6.07) is 11.0. The summed E-state index contributed by atoms with van der Waals surface area (Å²) in [6.07, 6.45) is 1.59. The normalized spacial score (nSPS) is 12.0. The molecule has 0 aliphatic rings. The van der Waals surface area contributed by atoms with Gasteiger partial charge in [0.2, 0.25) is 5.91 Å². The average Bonchev–Trinajstić information content (AvgIpc) is 3.06. The van der Waals surface area contributed by atoms with Crippen LogP contribution in [0.5, 0.6) is 0 Å². The van der Waals surface area contributed by atoms with E-state index in [1.807, 2.05) is 31.2 Å². The minimum absolute atomic E-state index is 0.196. The third-order valence-corrected chi connectivity index (χ3v) is 4.79. The van der Waals surface area contributed by atoms with E-state index < -0.39 is 16.9 Å². The van der Waals surface area contributed by atoms with Gasteiger partial charge in [-0.3, -0.25) is 9.36 Å². The molecule has 1 atom stereocenters. The lowest BCUT2D eigenvalue weighted by Gasteiger charge is -2.13. The zero-order valence-electron chi connectivity index (χ0n) is 14.1. The summed E-state index contributed by atoms with van der Waals surface area (Å²) in [7, 11) is 0. The molecule has 3 rings (SSSR count). The Morgan fingerprint density at radius 1 is 1.19 bits per heavy atom. The fourth-order valence-corrected chi connectivity index (χ4v) is 3.17. The van der Waals surface area contributed by atoms with Gasteiger partial charge in [0.1, 0.15) is 6.33 Å². The van der Waals surface area contributed by atoms with Crippen LogP contribution in [0.15, 0.2) is 53.9 Å². The number of para-hydroxylation sites is 1. The molecule has 26 heavy (non-hydrogen) atoms. The fourth-order valence-electron chi connectivity index (χ4n) is 2.33. The van der Waals surface area contributed by atoms with E-state index in [-0.39, 0.29) is 11.6 Å². The Bertz CT molecular complexity index is 944. The van der Waals surface area contributed by atoms with E-state index in [9.17, 15) is 13.6 Å². The van der Waals surface area contributed by atoms with E-state index in [0.29, 0.717) is 5.16 Å². The van der Waals surface area contributed by atoms with E-state index in [0.717, 1.165) is 23.4 Å². The van der Waals surface area contributed by atoms with Crippen LogP contribution < -0.4 is 5.32 Å². The SMILES string of the molecule is Cc1ccccc1-n1cnnc1SC(C)C(=O)Nc1ccc(F)c(F)c1. The van der Waals surface area contributed by atoms with Crippen molar-refractivity contribution in [2.75, 3.05) is 5.32 Å². The van der Waals surface area contributed by atoms with Crippen LogP contribution in [0.25, 0.3) is 5.69 Å². The molecule has 2 aromatic carbocycles. The highest BCUT2D eigenvalue weighted by atomic mass is 32.2. The number of rotatable bonds is 5. The average molecular weight is 374 g/mol. The van der Waals surface area contributed by atoms with Crippen molar-refractivity contribution in [1.82, 2.24) is 14.8 Å². The Balaban J connectivity index is 1.73. The number of nitrogens with one attached hydrogen (secondary N) is 1. The molecule has 1 unspecified atom stereocenters. The zero-order chi connectivity index (χ0) is 18.7. The summed E-state index contributed by atoms with van der Waals surface area (Å²) in [5, 5.41) is 10.6. The number of hydrogen-bond acceptors (Lipinski definition) is 4. The van der Waals surface area contributed by atoms with Crippen LogP contribution in [0, 0.1) is 18.6 Å². The van der Waals surface area contributed by atoms with E-state index in [2.05, 4.69) is 15.5 Å². The first-order chi connectivity index (χ1) is 12.5. The lowest BCUT2D eigenvalue weighted by atomic mass is 10.2. The molecular formula is C18H16F2N4OS. The van der Waals surface area contributed by atoms with Crippen LogP contribution in [-0.4, -0.2) is 25.9 Å². The lowest BCUT2D eigenvalue weighted by Crippen LogP contribution is -2.23. The first-order valence-corrected chi connectivity index (χ1v) is 8.72. The molecule has 1 heterocycles. The molecule has 3 aromatic rings. The summed E-state index contributed by atoms with van der Waals surface area (Å²) in [5.41, 5.74) is 2.17. The van der Waals surface area contributed by atoms with Crippen molar-refractivity contribution in [1.29, 1.82) is 0 Å². The second-order valence-corrected chi connectivity index (χ2v) is 6.96. The van der Waals surface area contributed by atoms with Crippen molar-refractivity contribution in [3.63, 3.8) is 0 Å². The van der Waals surface area contributed by atoms with E-state index in [4.69, 9.17) is 0 Å². The molecule has 0 radical (unpaired) electrons. The highest BCUT2D eigenvalue weighted by Crippen LogP contribution is 2.26. The Kier molecular flexibility index (Phi) is 5.32. The predicted molar refractivity (Wildman–Crippen MR) is 96.4 cm³/mol. The van der Waals surface area contributed by atoms with E-state index in [1.54, 1.807) is 17.8 Å². The molecule has 0 aliphatic heterocycles. The monoisotopic (exact) mass is 374 g/mol. The van der Waals surface area contributed by atoms with Crippen molar-refractivity contribution < 1.29 is 13.6 Å². The largest absolute Gasteiger partial charge is 0.325 e. The summed E-state index contributed by atoms with van der Waals surface area (Å²) < 4.78 is 28.0. The van der Waals surface area contributed by atoms with Crippen molar-refractivity contribution in [2.45, 2.75) is 24.3 Å². The summed E-state index contributed by atoms with van der Waals surface area (Å²) in [4.78, 5) is 12.3. The maximum Gasteiger partial charge on any atom is 0.237 e. The van der Waals surface area contributed by atoms with Crippen LogP contribution in [0.3, 0.4) is 0 Å². The number of carbonyl (C=O) groups is 1. The number of halogens is 2. The standard InChI is InChI=1S/C18H16F2N4OS/c1-11-5-3-4-6-16(11)24-10-21-23-18(24)26-12(2)17(25)22-13-7-8-14(19)15(20)9-13/h3-10,12H,1-2H3,(H,22,25). The minimum atomic E-state index is -1.01. The Labute approximate surface area is 153 Å². The van der Waals surface area contributed by atoms with Gasteiger partial charge in [-0.15, -0.1) is 10.2 Å². The van der Waals surface area contributed by atoms with Gasteiger partial charge in [0.05, 0.1) is 10.9 Å². The topological polar surface area (TPSA) is 59.8 Å². The Morgan fingerprint density at radius 2 is 1.96 bits per heavy atom. The molecule has 0 spiro atoms. The van der Waals surface area contributed by atoms with Gasteiger partial charge in [-0.1, -0.05) is 30.0 Å². The molecule has 0 fully saturated rings. The molecule has 1 N–H and O–H groups in total. The number of amides is 1. The number of aromatic nitrogens is 3. The third kappa shape index (κ3) is 3.91. The highest BCUT2D eigenvalue weighted by Gasteiger charge is 2.19. The molecular weight excluding hydrogens is 358 g/mol. The summed E-state index contributed by atoms with van der Waals surface area (Å²) in [6.45, 7) is 3.68. The second-order valence-electron chi connectivity index (χ2n) is 5.65. The molecule has 1 aromatic heterocycles. The van der Waals surface area contributed by atoms with Gasteiger partial charge in [-0.2, -0.15) is 0 Å². The molecule has 134 valence electrons. The molecule has 0 bridgehead atoms. The minimum Gasteiger partial charge on any atom is -0.325 e. The number of benzene rings is 2. The van der Waals surface area contributed by atoms with Gasteiger partial charge in [0.25, 0.3) is 0 Å². The molecule has 0 saturated heterocycles. The first kappa shape index (κ1) is 18.1. The lowest BCUT2D eigenvalue weighted by molar-refractivity contribution is -0.115. The van der Waals surface area contributed by atoms with Gasteiger partial charge in [0, 0.05) is 11.8 Å². The summed E-state index contributed by atoms with van der Waals surface area (Å²) >= 11 is 1.22. The third-order valence-electron chi connectivity index (χ3n) is 3.73. The fraction of sp³-hybridized carbons (Fsp3) is 0.167. The Morgan fingerprint density at radius 3 is 2.69 bits per heavy atom. The van der Waals surface area contributed by atoms with E-state index >= 15 is 0 Å². The van der Waals surface area contributed by atoms with Crippen molar-refractivity contribution in [3.05, 3.63) is 66.0 Å². The van der Waals surface area contributed by atoms with Gasteiger partial charge in [-0.25, -0.2) is 8.78 Å². The van der Waals surface area contributed by atoms with E-state index in [1.165, 1.54) is 17.8 Å². The maximum atomic E-state index is 13.3. The number of hydrogen-bond donors (Lipinski definition) is 1. The van der Waals surface area contributed by atoms with Gasteiger partial charge < -0.3 is 5.32 Å². The van der Waals surface area contributed by atoms with Gasteiger partial charge in [0.15, 0.2) is 16.8 Å². The van der Waals surface area contributed by atoms with Crippen LogP contribution in [-0.2, 0) is 4.79 Å². The quantitative estimate of drug-likeness (QED) is 0.687. The number of thioether (sulfide) groups is 1. The predicted octanol–water partition coefficient (Wildman–Crippen LogP) is 3.97. The van der Waals surface area contributed by atoms with Crippen molar-refractivity contribution >= 4 is 23.4 Å². The molecule has 1 amide bonds. The number of aryl methyl sites for hydroxylation is 1.